The summed E-state index contributed by atoms with van der Waals surface area (Å²) in [6.07, 6.45) is 15.1. The van der Waals surface area contributed by atoms with Crippen LogP contribution in [0.25, 0.3) is 16.9 Å². The Labute approximate surface area is 315 Å². The number of benzene rings is 2. The van der Waals surface area contributed by atoms with Crippen LogP contribution < -0.4 is 9.80 Å². The van der Waals surface area contributed by atoms with Gasteiger partial charge in [0, 0.05) is 54.3 Å². The number of hydrogen-bond acceptors (Lipinski definition) is 2. The maximum atomic E-state index is 12.4. The summed E-state index contributed by atoms with van der Waals surface area (Å²) in [5.41, 5.74) is 24.6. The number of unbranched alkanes of at least 4 members (excludes halogenated alkanes) is 6. The van der Waals surface area contributed by atoms with Crippen LogP contribution >= 0.6 is 0 Å². The molecule has 5 heteroatoms. The van der Waals surface area contributed by atoms with Gasteiger partial charge in [0.25, 0.3) is 0 Å². The molecule has 0 fully saturated rings. The van der Waals surface area contributed by atoms with Crippen LogP contribution in [0.3, 0.4) is 0 Å². The summed E-state index contributed by atoms with van der Waals surface area (Å²) in [6.45, 7) is 26.2. The Morgan fingerprint density at radius 1 is 0.500 bits per heavy atom. The molecule has 0 saturated heterocycles. The van der Waals surface area contributed by atoms with Crippen LogP contribution in [0.2, 0.25) is 10.8 Å². The molecule has 0 spiro atoms. The monoisotopic (exact) mass is 729 g/mol. The van der Waals surface area contributed by atoms with Crippen molar-refractivity contribution in [2.75, 3.05) is 36.0 Å². The fourth-order valence-electron chi connectivity index (χ4n) is 7.23. The second kappa shape index (κ2) is 24.7. The van der Waals surface area contributed by atoms with Gasteiger partial charge in [-0.1, -0.05) is 72.3 Å². The van der Waals surface area contributed by atoms with E-state index in [-0.39, 0.29) is 0 Å². The first-order valence-corrected chi connectivity index (χ1v) is 21.9. The summed E-state index contributed by atoms with van der Waals surface area (Å²) in [5, 5.41) is 2.56. The van der Waals surface area contributed by atoms with E-state index in [1.54, 1.807) is 4.70 Å². The van der Waals surface area contributed by atoms with Gasteiger partial charge in [-0.15, -0.1) is 0 Å². The summed E-state index contributed by atoms with van der Waals surface area (Å²) in [4.78, 5) is 4.86. The third-order valence-electron chi connectivity index (χ3n) is 9.96. The quantitative estimate of drug-likeness (QED) is 0.0648. The van der Waals surface area contributed by atoms with Gasteiger partial charge in [0.1, 0.15) is 0 Å². The Kier molecular flexibility index (Phi) is 21.7. The van der Waals surface area contributed by atoms with E-state index < -0.39 is 0 Å². The Bertz CT molecular complexity index is 1290. The first kappa shape index (κ1) is 43.8. The molecule has 0 atom stereocenters. The van der Waals surface area contributed by atoms with Crippen molar-refractivity contribution < 1.29 is 19.1 Å². The van der Waals surface area contributed by atoms with E-state index in [0.717, 1.165) is 75.2 Å². The van der Waals surface area contributed by atoms with Gasteiger partial charge in [0.05, 0.1) is 5.56 Å². The first-order valence-electron chi connectivity index (χ1n) is 20.5. The molecule has 0 N–H and O–H groups in total. The van der Waals surface area contributed by atoms with Crippen LogP contribution in [0.4, 0.5) is 11.4 Å². The molecule has 50 heavy (non-hydrogen) atoms. The van der Waals surface area contributed by atoms with Crippen molar-refractivity contribution in [2.45, 2.75) is 163 Å². The van der Waals surface area contributed by atoms with E-state index in [2.05, 4.69) is 115 Å². The Morgan fingerprint density at radius 2 is 0.920 bits per heavy atom. The Morgan fingerprint density at radius 3 is 1.30 bits per heavy atom. The number of rotatable bonds is 23. The van der Waals surface area contributed by atoms with E-state index in [9.17, 15) is 5.53 Å². The molecular formula is C45H74N4Ni. The molecule has 0 aliphatic carbocycles. The van der Waals surface area contributed by atoms with E-state index in [1.807, 2.05) is 14.4 Å². The average Bonchev–Trinajstić information content (AvgIpc) is 3.40. The number of allylic oxidation sites excluding steroid dienone is 2. The summed E-state index contributed by atoms with van der Waals surface area (Å²) >= 11 is 1.82. The molecular weight excluding hydrogens is 655 g/mol. The molecule has 1 heterocycles. The summed E-state index contributed by atoms with van der Waals surface area (Å²) in [5.74, 6) is 0. The van der Waals surface area contributed by atoms with Gasteiger partial charge in [-0.2, -0.15) is 0 Å². The fourth-order valence-corrected chi connectivity index (χ4v) is 7.72. The van der Waals surface area contributed by atoms with Gasteiger partial charge >= 0.3 is 39.1 Å². The van der Waals surface area contributed by atoms with E-state index in [1.165, 1.54) is 101 Å². The second-order valence-corrected chi connectivity index (χ2v) is 15.3. The first-order chi connectivity index (χ1) is 24.3. The standard InChI is InChI=1S/C41H64N4.2C2H5.Ni/c1-9-17-20-23-32-26-33(24-21-18-10-2)28-34(27-32)41-39(25-22-19-11-3)38(12-4)40(45(41)42)35-29-36(43(13-5)14-6)31-37(30-35)44(15-7)16-8;2*1-2;/h26-31H,9-25H2,1-8H3;2*1H2,2H3;. The van der Waals surface area contributed by atoms with Crippen LogP contribution in [0.5, 0.6) is 0 Å². The zero-order chi connectivity index (χ0) is 36.9. The van der Waals surface area contributed by atoms with Gasteiger partial charge < -0.3 is 15.3 Å². The third kappa shape index (κ3) is 12.7. The predicted octanol–water partition coefficient (Wildman–Crippen LogP) is 14.0. The van der Waals surface area contributed by atoms with E-state index in [4.69, 9.17) is 0 Å². The topological polar surface area (TPSA) is 31.8 Å². The van der Waals surface area contributed by atoms with Crippen molar-refractivity contribution in [1.82, 2.24) is 0 Å². The summed E-state index contributed by atoms with van der Waals surface area (Å²) < 4.78 is 1.59. The second-order valence-electron chi connectivity index (χ2n) is 13.4. The minimum atomic E-state index is 0.896. The van der Waals surface area contributed by atoms with Gasteiger partial charge in [0.15, 0.2) is 0 Å². The molecule has 2 aromatic rings. The molecule has 1 aliphatic rings. The predicted molar refractivity (Wildman–Crippen MR) is 219 cm³/mol. The van der Waals surface area contributed by atoms with E-state index >= 15 is 0 Å². The van der Waals surface area contributed by atoms with Crippen LogP contribution in [-0.2, 0) is 27.3 Å². The molecule has 0 unspecified atom stereocenters. The van der Waals surface area contributed by atoms with Gasteiger partial charge in [0.2, 0.25) is 11.4 Å². The number of anilines is 2. The molecule has 0 radical (unpaired) electrons. The van der Waals surface area contributed by atoms with E-state index in [0.29, 0.717) is 0 Å². The van der Waals surface area contributed by atoms with Crippen molar-refractivity contribution in [3.8, 4) is 0 Å². The van der Waals surface area contributed by atoms with Crippen molar-refractivity contribution in [2.24, 2.45) is 0 Å². The molecule has 284 valence electrons. The molecule has 0 amide bonds. The maximum absolute atomic E-state index is 12.4. The van der Waals surface area contributed by atoms with Crippen LogP contribution in [-0.4, -0.2) is 30.9 Å². The minimum absolute atomic E-state index is 0.896. The SMILES string of the molecule is CCCCCC1=C(c2cc(CCCCC)cc(CCCCC)c2)[N+](=[N-])C(c2cc(N(CC)CC)cc(N(CC)CC)c2)=C1CC.C[CH2][Ni][CH2]C. The molecule has 0 bridgehead atoms. The molecule has 1 aliphatic heterocycles. The summed E-state index contributed by atoms with van der Waals surface area (Å²) in [6, 6.07) is 14.2. The molecule has 3 rings (SSSR count). The number of aryl methyl sites for hydroxylation is 2. The number of nitrogens with zero attached hydrogens (tertiary/aromatic N) is 4. The Balaban J connectivity index is 0.00000161. The van der Waals surface area contributed by atoms with Crippen LogP contribution in [0.15, 0.2) is 47.5 Å². The fraction of sp³-hybridized carbons (Fsp3) is 0.644. The zero-order valence-electron chi connectivity index (χ0n) is 34.0. The average molecular weight is 730 g/mol. The molecule has 0 aromatic heterocycles. The van der Waals surface area contributed by atoms with Crippen molar-refractivity contribution >= 4 is 22.8 Å². The molecule has 2 aromatic carbocycles. The van der Waals surface area contributed by atoms with Crippen molar-refractivity contribution in [3.63, 3.8) is 0 Å². The molecule has 0 saturated carbocycles. The van der Waals surface area contributed by atoms with Crippen molar-refractivity contribution in [1.29, 1.82) is 0 Å². The van der Waals surface area contributed by atoms with Crippen LogP contribution in [0.1, 0.15) is 162 Å². The molecule has 4 nitrogen and oxygen atoms in total. The van der Waals surface area contributed by atoms with Gasteiger partial charge in [-0.05, 0) is 114 Å². The Hall–Kier alpha value is -2.39. The third-order valence-corrected chi connectivity index (χ3v) is 10.9. The van der Waals surface area contributed by atoms with Crippen molar-refractivity contribution in [3.05, 3.63) is 75.3 Å². The normalized spacial score (nSPS) is 13.0. The van der Waals surface area contributed by atoms with Gasteiger partial charge in [-0.3, -0.25) is 0 Å². The number of hydrogen-bond donors (Lipinski definition) is 0. The zero-order valence-corrected chi connectivity index (χ0v) is 35.0. The van der Waals surface area contributed by atoms with Crippen LogP contribution in [0, 0.1) is 0 Å². The van der Waals surface area contributed by atoms with Gasteiger partial charge in [-0.25, -0.2) is 4.70 Å². The summed E-state index contributed by atoms with van der Waals surface area (Å²) in [7, 11) is 0.